The second kappa shape index (κ2) is 7.59. The summed E-state index contributed by atoms with van der Waals surface area (Å²) in [6, 6.07) is 6.16. The number of primary amides is 1. The fourth-order valence-electron chi connectivity index (χ4n) is 1.94. The Morgan fingerprint density at radius 2 is 1.91 bits per heavy atom. The molecule has 8 heteroatoms. The maximum Gasteiger partial charge on any atom is 0.320 e. The third-order valence-electron chi connectivity index (χ3n) is 3.04. The van der Waals surface area contributed by atoms with Gasteiger partial charge in [0.15, 0.2) is 0 Å². The molecule has 0 aliphatic rings. The maximum absolute atomic E-state index is 12.0. The van der Waals surface area contributed by atoms with Crippen LogP contribution in [-0.2, 0) is 6.54 Å². The van der Waals surface area contributed by atoms with Crippen molar-refractivity contribution < 1.29 is 9.59 Å². The number of nitrogens with one attached hydrogen (secondary N) is 3. The molecular formula is C15H19N5O2S. The van der Waals surface area contributed by atoms with Crippen LogP contribution in [0.25, 0.3) is 0 Å². The Labute approximate surface area is 138 Å². The van der Waals surface area contributed by atoms with Crippen LogP contribution in [0.2, 0.25) is 0 Å². The summed E-state index contributed by atoms with van der Waals surface area (Å²) >= 11 is 1.40. The molecule has 0 aliphatic carbocycles. The van der Waals surface area contributed by atoms with E-state index < -0.39 is 6.03 Å². The minimum Gasteiger partial charge on any atom is -0.351 e. The molecule has 0 aliphatic heterocycles. The van der Waals surface area contributed by atoms with Gasteiger partial charge in [0.05, 0.1) is 11.2 Å². The van der Waals surface area contributed by atoms with Crippen LogP contribution in [0.5, 0.6) is 0 Å². The van der Waals surface area contributed by atoms with Gasteiger partial charge in [-0.1, -0.05) is 26.0 Å². The Morgan fingerprint density at radius 3 is 2.52 bits per heavy atom. The molecule has 1 heterocycles. The minimum atomic E-state index is -0.610. The normalized spacial score (nSPS) is 10.4. The first-order valence-corrected chi connectivity index (χ1v) is 7.97. The molecule has 2 rings (SSSR count). The Kier molecular flexibility index (Phi) is 5.53. The fourth-order valence-corrected chi connectivity index (χ4v) is 2.77. The minimum absolute atomic E-state index is 0.252. The van der Waals surface area contributed by atoms with Crippen molar-refractivity contribution in [3.63, 3.8) is 0 Å². The van der Waals surface area contributed by atoms with Crippen LogP contribution in [0.15, 0.2) is 29.8 Å². The molecule has 1 aromatic heterocycles. The van der Waals surface area contributed by atoms with Gasteiger partial charge in [0.1, 0.15) is 5.00 Å². The van der Waals surface area contributed by atoms with E-state index in [4.69, 9.17) is 5.73 Å². The molecule has 2 aromatic rings. The van der Waals surface area contributed by atoms with Gasteiger partial charge in [-0.25, -0.2) is 14.6 Å². The zero-order valence-electron chi connectivity index (χ0n) is 12.9. The molecule has 0 unspecified atom stereocenters. The largest absolute Gasteiger partial charge is 0.351 e. The lowest BCUT2D eigenvalue weighted by Crippen LogP contribution is -2.28. The average molecular weight is 333 g/mol. The first-order valence-electron chi connectivity index (χ1n) is 7.09. The summed E-state index contributed by atoms with van der Waals surface area (Å²) in [4.78, 5) is 26.9. The quantitative estimate of drug-likeness (QED) is 0.675. The number of anilines is 2. The highest BCUT2D eigenvalue weighted by Gasteiger charge is 2.12. The summed E-state index contributed by atoms with van der Waals surface area (Å²) in [5.41, 5.74) is 9.15. The third kappa shape index (κ3) is 4.96. The van der Waals surface area contributed by atoms with Crippen molar-refractivity contribution in [2.75, 3.05) is 10.6 Å². The van der Waals surface area contributed by atoms with Crippen LogP contribution >= 0.6 is 11.3 Å². The van der Waals surface area contributed by atoms with E-state index in [0.29, 0.717) is 12.2 Å². The number of carbonyl (C=O) groups excluding carboxylic acids is 2. The summed E-state index contributed by atoms with van der Waals surface area (Å²) in [7, 11) is 0. The molecule has 122 valence electrons. The van der Waals surface area contributed by atoms with Crippen molar-refractivity contribution in [1.29, 1.82) is 0 Å². The Balaban J connectivity index is 1.86. The van der Waals surface area contributed by atoms with Crippen LogP contribution in [0.4, 0.5) is 20.3 Å². The number of amides is 4. The monoisotopic (exact) mass is 333 g/mol. The zero-order valence-corrected chi connectivity index (χ0v) is 13.7. The van der Waals surface area contributed by atoms with E-state index >= 15 is 0 Å². The van der Waals surface area contributed by atoms with Crippen LogP contribution in [-0.4, -0.2) is 17.0 Å². The highest BCUT2D eigenvalue weighted by Crippen LogP contribution is 2.26. The van der Waals surface area contributed by atoms with E-state index in [0.717, 1.165) is 16.3 Å². The molecule has 5 N–H and O–H groups in total. The van der Waals surface area contributed by atoms with E-state index in [1.54, 1.807) is 29.8 Å². The molecule has 4 amide bonds. The summed E-state index contributed by atoms with van der Waals surface area (Å²) in [5, 5.41) is 8.83. The SMILES string of the molecule is CC(C)c1ncsc1NC(=O)NCc1ccc(NC(N)=O)cc1. The molecule has 0 bridgehead atoms. The van der Waals surface area contributed by atoms with E-state index in [1.165, 1.54) is 11.3 Å². The van der Waals surface area contributed by atoms with Gasteiger partial charge in [0.25, 0.3) is 0 Å². The van der Waals surface area contributed by atoms with Crippen molar-refractivity contribution in [2.45, 2.75) is 26.3 Å². The summed E-state index contributed by atoms with van der Waals surface area (Å²) in [6.07, 6.45) is 0. The third-order valence-corrected chi connectivity index (χ3v) is 3.80. The Morgan fingerprint density at radius 1 is 1.22 bits per heavy atom. The van der Waals surface area contributed by atoms with Crippen LogP contribution in [0.3, 0.4) is 0 Å². The van der Waals surface area contributed by atoms with Crippen molar-refractivity contribution in [1.82, 2.24) is 10.3 Å². The first kappa shape index (κ1) is 16.8. The standard InChI is InChI=1S/C15H19N5O2S/c1-9(2)12-13(23-8-18-12)20-15(22)17-7-10-3-5-11(6-4-10)19-14(16)21/h3-6,8-9H,7H2,1-2H3,(H3,16,19,21)(H2,17,20,22). The van der Waals surface area contributed by atoms with E-state index in [2.05, 4.69) is 20.9 Å². The number of hydrogen-bond donors (Lipinski definition) is 4. The second-order valence-electron chi connectivity index (χ2n) is 5.22. The smallest absolute Gasteiger partial charge is 0.320 e. The predicted octanol–water partition coefficient (Wildman–Crippen LogP) is 3.08. The van der Waals surface area contributed by atoms with E-state index in [9.17, 15) is 9.59 Å². The van der Waals surface area contributed by atoms with Crippen LogP contribution in [0.1, 0.15) is 31.0 Å². The number of nitrogens with zero attached hydrogens (tertiary/aromatic N) is 1. The molecule has 7 nitrogen and oxygen atoms in total. The topological polar surface area (TPSA) is 109 Å². The lowest BCUT2D eigenvalue weighted by atomic mass is 10.1. The fraction of sp³-hybridized carbons (Fsp3) is 0.267. The number of urea groups is 2. The number of thiazole rings is 1. The van der Waals surface area contributed by atoms with Crippen LogP contribution in [0, 0.1) is 0 Å². The van der Waals surface area contributed by atoms with Gasteiger partial charge in [0.2, 0.25) is 0 Å². The van der Waals surface area contributed by atoms with Gasteiger partial charge in [-0.05, 0) is 23.6 Å². The summed E-state index contributed by atoms with van der Waals surface area (Å²) in [6.45, 7) is 4.43. The van der Waals surface area contributed by atoms with E-state index in [-0.39, 0.29) is 11.9 Å². The molecule has 0 atom stereocenters. The molecule has 0 fully saturated rings. The number of aromatic nitrogens is 1. The summed E-state index contributed by atoms with van der Waals surface area (Å²) in [5.74, 6) is 0.252. The number of hydrogen-bond acceptors (Lipinski definition) is 4. The highest BCUT2D eigenvalue weighted by molar-refractivity contribution is 7.14. The van der Waals surface area contributed by atoms with Gasteiger partial charge >= 0.3 is 12.1 Å². The van der Waals surface area contributed by atoms with E-state index in [1.807, 2.05) is 13.8 Å². The van der Waals surface area contributed by atoms with Gasteiger partial charge in [-0.3, -0.25) is 5.32 Å². The molecule has 0 radical (unpaired) electrons. The predicted molar refractivity (Wildman–Crippen MR) is 91.7 cm³/mol. The Hall–Kier alpha value is -2.61. The van der Waals surface area contributed by atoms with Crippen molar-refractivity contribution in [2.24, 2.45) is 5.73 Å². The number of benzene rings is 1. The first-order chi connectivity index (χ1) is 11.0. The number of rotatable bonds is 5. The van der Waals surface area contributed by atoms with Crippen molar-refractivity contribution >= 4 is 34.1 Å². The molecular weight excluding hydrogens is 314 g/mol. The average Bonchev–Trinajstić information content (AvgIpc) is 2.94. The number of nitrogens with two attached hydrogens (primary N) is 1. The molecule has 23 heavy (non-hydrogen) atoms. The number of carbonyl (C=O) groups is 2. The van der Waals surface area contributed by atoms with Gasteiger partial charge in [0, 0.05) is 12.2 Å². The summed E-state index contributed by atoms with van der Waals surface area (Å²) < 4.78 is 0. The van der Waals surface area contributed by atoms with Crippen LogP contribution < -0.4 is 21.7 Å². The maximum atomic E-state index is 12.0. The van der Waals surface area contributed by atoms with Crippen molar-refractivity contribution in [3.05, 3.63) is 41.0 Å². The highest BCUT2D eigenvalue weighted by atomic mass is 32.1. The van der Waals surface area contributed by atoms with Gasteiger partial charge < -0.3 is 16.4 Å². The molecule has 1 aromatic carbocycles. The molecule has 0 saturated heterocycles. The zero-order chi connectivity index (χ0) is 16.8. The van der Waals surface area contributed by atoms with Gasteiger partial charge in [-0.15, -0.1) is 11.3 Å². The lowest BCUT2D eigenvalue weighted by Gasteiger charge is -2.09. The second-order valence-corrected chi connectivity index (χ2v) is 6.07. The van der Waals surface area contributed by atoms with Gasteiger partial charge in [-0.2, -0.15) is 0 Å². The molecule has 0 saturated carbocycles. The van der Waals surface area contributed by atoms with Crippen molar-refractivity contribution in [3.8, 4) is 0 Å². The molecule has 0 spiro atoms. The lowest BCUT2D eigenvalue weighted by molar-refractivity contribution is 0.251. The Bertz CT molecular complexity index is 681.